The van der Waals surface area contributed by atoms with Crippen LogP contribution in [0.15, 0.2) is 12.1 Å². The van der Waals surface area contributed by atoms with Crippen molar-refractivity contribution in [2.45, 2.75) is 26.2 Å². The molecule has 88 valence electrons. The van der Waals surface area contributed by atoms with Gasteiger partial charge in [-0.05, 0) is 56.8 Å². The van der Waals surface area contributed by atoms with Crippen molar-refractivity contribution in [3.05, 3.63) is 29.1 Å². The zero-order chi connectivity index (χ0) is 11.5. The van der Waals surface area contributed by atoms with Gasteiger partial charge in [0.05, 0.1) is 0 Å². The fourth-order valence-corrected chi connectivity index (χ4v) is 2.30. The lowest BCUT2D eigenvalue weighted by Gasteiger charge is -2.23. The van der Waals surface area contributed by atoms with Crippen LogP contribution in [0.1, 0.15) is 24.0 Å². The summed E-state index contributed by atoms with van der Waals surface area (Å²) < 4.78 is 13.6. The van der Waals surface area contributed by atoms with Crippen molar-refractivity contribution in [3.63, 3.8) is 0 Å². The van der Waals surface area contributed by atoms with Crippen LogP contribution < -0.4 is 5.32 Å². The number of halogens is 1. The SMILES string of the molecule is Cc1ccc(F)c(CC2CCNCC2)c1O. The van der Waals surface area contributed by atoms with E-state index in [0.717, 1.165) is 31.5 Å². The molecule has 16 heavy (non-hydrogen) atoms. The number of rotatable bonds is 2. The third kappa shape index (κ3) is 2.35. The largest absolute Gasteiger partial charge is 0.507 e. The van der Waals surface area contributed by atoms with E-state index in [1.807, 2.05) is 0 Å². The number of hydrogen-bond donors (Lipinski definition) is 2. The average molecular weight is 223 g/mol. The number of phenolic OH excluding ortho intramolecular Hbond substituents is 1. The molecule has 1 aromatic rings. The minimum atomic E-state index is -0.276. The molecule has 2 rings (SSSR count). The first-order valence-electron chi connectivity index (χ1n) is 5.86. The Morgan fingerprint density at radius 1 is 1.38 bits per heavy atom. The summed E-state index contributed by atoms with van der Waals surface area (Å²) in [5.41, 5.74) is 1.25. The molecule has 0 saturated carbocycles. The minimum absolute atomic E-state index is 0.138. The van der Waals surface area contributed by atoms with Crippen molar-refractivity contribution < 1.29 is 9.50 Å². The Kier molecular flexibility index (Phi) is 3.44. The van der Waals surface area contributed by atoms with Crippen LogP contribution in [0.3, 0.4) is 0 Å². The van der Waals surface area contributed by atoms with Crippen LogP contribution in [0.5, 0.6) is 5.75 Å². The van der Waals surface area contributed by atoms with Crippen LogP contribution in [-0.4, -0.2) is 18.2 Å². The van der Waals surface area contributed by atoms with Crippen molar-refractivity contribution in [1.29, 1.82) is 0 Å². The first kappa shape index (κ1) is 11.4. The molecule has 0 aliphatic carbocycles. The summed E-state index contributed by atoms with van der Waals surface area (Å²) >= 11 is 0. The Balaban J connectivity index is 2.16. The smallest absolute Gasteiger partial charge is 0.130 e. The highest BCUT2D eigenvalue weighted by atomic mass is 19.1. The molecule has 1 aromatic carbocycles. The first-order chi connectivity index (χ1) is 7.68. The Morgan fingerprint density at radius 2 is 2.06 bits per heavy atom. The van der Waals surface area contributed by atoms with Crippen molar-refractivity contribution >= 4 is 0 Å². The van der Waals surface area contributed by atoms with Gasteiger partial charge in [-0.25, -0.2) is 4.39 Å². The van der Waals surface area contributed by atoms with Crippen LogP contribution in [-0.2, 0) is 6.42 Å². The van der Waals surface area contributed by atoms with Gasteiger partial charge >= 0.3 is 0 Å². The number of aryl methyl sites for hydroxylation is 1. The van der Waals surface area contributed by atoms with Gasteiger partial charge in [0, 0.05) is 5.56 Å². The molecular weight excluding hydrogens is 205 g/mol. The van der Waals surface area contributed by atoms with E-state index >= 15 is 0 Å². The summed E-state index contributed by atoms with van der Waals surface area (Å²) in [5, 5.41) is 13.1. The van der Waals surface area contributed by atoms with E-state index in [-0.39, 0.29) is 11.6 Å². The highest BCUT2D eigenvalue weighted by molar-refractivity contribution is 5.40. The van der Waals surface area contributed by atoms with Crippen LogP contribution >= 0.6 is 0 Å². The summed E-state index contributed by atoms with van der Waals surface area (Å²) in [4.78, 5) is 0. The summed E-state index contributed by atoms with van der Waals surface area (Å²) in [6.07, 6.45) is 2.78. The molecular formula is C13H18FNO. The van der Waals surface area contributed by atoms with Crippen LogP contribution in [0.25, 0.3) is 0 Å². The van der Waals surface area contributed by atoms with Gasteiger partial charge in [-0.15, -0.1) is 0 Å². The number of nitrogens with one attached hydrogen (secondary N) is 1. The van der Waals surface area contributed by atoms with Gasteiger partial charge in [-0.1, -0.05) is 6.07 Å². The molecule has 0 unspecified atom stereocenters. The van der Waals surface area contributed by atoms with E-state index in [9.17, 15) is 9.50 Å². The lowest BCUT2D eigenvalue weighted by Crippen LogP contribution is -2.28. The van der Waals surface area contributed by atoms with Gasteiger partial charge in [0.1, 0.15) is 11.6 Å². The van der Waals surface area contributed by atoms with E-state index in [4.69, 9.17) is 0 Å². The van der Waals surface area contributed by atoms with Gasteiger partial charge in [0.15, 0.2) is 0 Å². The zero-order valence-electron chi connectivity index (χ0n) is 9.59. The molecule has 0 aromatic heterocycles. The molecule has 1 aliphatic heterocycles. The van der Waals surface area contributed by atoms with Crippen LogP contribution in [0, 0.1) is 18.7 Å². The molecule has 0 atom stereocenters. The van der Waals surface area contributed by atoms with Crippen molar-refractivity contribution in [2.24, 2.45) is 5.92 Å². The summed E-state index contributed by atoms with van der Waals surface area (Å²) in [5.74, 6) is 0.351. The van der Waals surface area contributed by atoms with Gasteiger partial charge < -0.3 is 10.4 Å². The standard InChI is InChI=1S/C13H18FNO/c1-9-2-3-12(14)11(13(9)16)8-10-4-6-15-7-5-10/h2-3,10,15-16H,4-8H2,1H3. The number of hydrogen-bond acceptors (Lipinski definition) is 2. The molecule has 0 spiro atoms. The quantitative estimate of drug-likeness (QED) is 0.806. The normalized spacial score (nSPS) is 17.6. The van der Waals surface area contributed by atoms with Crippen molar-refractivity contribution in [3.8, 4) is 5.75 Å². The molecule has 0 radical (unpaired) electrons. The second-order valence-electron chi connectivity index (χ2n) is 4.59. The molecule has 1 aliphatic rings. The Morgan fingerprint density at radius 3 is 2.75 bits per heavy atom. The van der Waals surface area contributed by atoms with Gasteiger partial charge in [-0.2, -0.15) is 0 Å². The molecule has 3 heteroatoms. The molecule has 1 fully saturated rings. The van der Waals surface area contributed by atoms with Gasteiger partial charge in [0.2, 0.25) is 0 Å². The van der Waals surface area contributed by atoms with Gasteiger partial charge in [-0.3, -0.25) is 0 Å². The number of benzene rings is 1. The van der Waals surface area contributed by atoms with E-state index in [1.54, 1.807) is 13.0 Å². The molecule has 0 amide bonds. The molecule has 1 heterocycles. The number of phenols is 1. The van der Waals surface area contributed by atoms with E-state index < -0.39 is 0 Å². The second-order valence-corrected chi connectivity index (χ2v) is 4.59. The Hall–Kier alpha value is -1.09. The Bertz CT molecular complexity index is 372. The third-order valence-corrected chi connectivity index (χ3v) is 3.38. The average Bonchev–Trinajstić information content (AvgIpc) is 2.31. The monoisotopic (exact) mass is 223 g/mol. The van der Waals surface area contributed by atoms with E-state index in [1.165, 1.54) is 6.07 Å². The molecule has 1 saturated heterocycles. The number of aromatic hydroxyl groups is 1. The first-order valence-corrected chi connectivity index (χ1v) is 5.86. The minimum Gasteiger partial charge on any atom is -0.507 e. The lowest BCUT2D eigenvalue weighted by molar-refractivity contribution is 0.360. The highest BCUT2D eigenvalue weighted by Gasteiger charge is 2.18. The lowest BCUT2D eigenvalue weighted by atomic mass is 9.90. The topological polar surface area (TPSA) is 32.3 Å². The second kappa shape index (κ2) is 4.83. The zero-order valence-corrected chi connectivity index (χ0v) is 9.59. The predicted octanol–water partition coefficient (Wildman–Crippen LogP) is 2.38. The molecule has 0 bridgehead atoms. The maximum atomic E-state index is 13.6. The maximum absolute atomic E-state index is 13.6. The summed E-state index contributed by atoms with van der Waals surface area (Å²) in [7, 11) is 0. The maximum Gasteiger partial charge on any atom is 0.130 e. The number of piperidine rings is 1. The van der Waals surface area contributed by atoms with Crippen molar-refractivity contribution in [2.75, 3.05) is 13.1 Å². The summed E-state index contributed by atoms with van der Waals surface area (Å²) in [6.45, 7) is 3.80. The molecule has 2 N–H and O–H groups in total. The van der Waals surface area contributed by atoms with Crippen LogP contribution in [0.4, 0.5) is 4.39 Å². The fraction of sp³-hybridized carbons (Fsp3) is 0.538. The van der Waals surface area contributed by atoms with Crippen LogP contribution in [0.2, 0.25) is 0 Å². The fourth-order valence-electron chi connectivity index (χ4n) is 2.30. The third-order valence-electron chi connectivity index (χ3n) is 3.38. The van der Waals surface area contributed by atoms with Crippen molar-refractivity contribution in [1.82, 2.24) is 5.32 Å². The van der Waals surface area contributed by atoms with E-state index in [0.29, 0.717) is 17.9 Å². The predicted molar refractivity (Wildman–Crippen MR) is 62.1 cm³/mol. The van der Waals surface area contributed by atoms with E-state index in [2.05, 4.69) is 5.32 Å². The molecule has 2 nitrogen and oxygen atoms in total. The Labute approximate surface area is 95.5 Å². The summed E-state index contributed by atoms with van der Waals surface area (Å²) in [6, 6.07) is 3.07. The highest BCUT2D eigenvalue weighted by Crippen LogP contribution is 2.29. The van der Waals surface area contributed by atoms with Gasteiger partial charge in [0.25, 0.3) is 0 Å².